The molecule has 4 nitrogen and oxygen atoms in total. The van der Waals surface area contributed by atoms with Crippen LogP contribution in [0.2, 0.25) is 0 Å². The zero-order valence-electron chi connectivity index (χ0n) is 11.4. The first kappa shape index (κ1) is 15.2. The van der Waals surface area contributed by atoms with Crippen LogP contribution in [-0.2, 0) is 5.75 Å². The Morgan fingerprint density at radius 3 is 2.67 bits per heavy atom. The van der Waals surface area contributed by atoms with Crippen molar-refractivity contribution in [3.8, 4) is 5.75 Å². The van der Waals surface area contributed by atoms with Gasteiger partial charge in [0.1, 0.15) is 11.6 Å². The smallest absolute Gasteiger partial charge is 0.248 e. The highest BCUT2D eigenvalue weighted by molar-refractivity contribution is 7.98. The van der Waals surface area contributed by atoms with E-state index < -0.39 is 11.7 Å². The van der Waals surface area contributed by atoms with Gasteiger partial charge in [-0.15, -0.1) is 11.8 Å². The van der Waals surface area contributed by atoms with Crippen LogP contribution in [-0.4, -0.2) is 13.0 Å². The van der Waals surface area contributed by atoms with E-state index in [1.54, 1.807) is 31.4 Å². The monoisotopic (exact) mass is 306 g/mol. The van der Waals surface area contributed by atoms with Crippen LogP contribution < -0.4 is 16.2 Å². The third-order valence-electron chi connectivity index (χ3n) is 2.94. The van der Waals surface area contributed by atoms with Gasteiger partial charge in [0.2, 0.25) is 5.91 Å². The maximum Gasteiger partial charge on any atom is 0.248 e. The molecule has 2 rings (SSSR count). The molecule has 0 heterocycles. The number of nitrogens with two attached hydrogens (primary N) is 2. The highest BCUT2D eigenvalue weighted by Gasteiger charge is 2.09. The maximum atomic E-state index is 13.9. The minimum atomic E-state index is -0.648. The van der Waals surface area contributed by atoms with Gasteiger partial charge < -0.3 is 16.2 Å². The van der Waals surface area contributed by atoms with Gasteiger partial charge in [-0.2, -0.15) is 0 Å². The Morgan fingerprint density at radius 1 is 1.29 bits per heavy atom. The zero-order chi connectivity index (χ0) is 15.4. The van der Waals surface area contributed by atoms with Crippen molar-refractivity contribution in [2.75, 3.05) is 12.8 Å². The largest absolute Gasteiger partial charge is 0.497 e. The van der Waals surface area contributed by atoms with Gasteiger partial charge in [-0.25, -0.2) is 4.39 Å². The number of ether oxygens (including phenoxy) is 1. The quantitative estimate of drug-likeness (QED) is 0.657. The molecule has 4 N–H and O–H groups in total. The van der Waals surface area contributed by atoms with E-state index >= 15 is 0 Å². The van der Waals surface area contributed by atoms with Crippen molar-refractivity contribution in [3.05, 3.63) is 53.3 Å². The molecule has 0 aliphatic carbocycles. The molecule has 2 aromatic carbocycles. The molecule has 0 bridgehead atoms. The molecule has 0 saturated heterocycles. The number of halogens is 1. The SMILES string of the molecule is COc1ccc(N)c(SCc2ccc(C(N)=O)cc2F)c1. The number of primary amides is 1. The Hall–Kier alpha value is -2.21. The molecule has 0 aromatic heterocycles. The molecule has 0 atom stereocenters. The Labute approximate surface area is 126 Å². The zero-order valence-corrected chi connectivity index (χ0v) is 12.2. The van der Waals surface area contributed by atoms with Crippen LogP contribution in [0.3, 0.4) is 0 Å². The third kappa shape index (κ3) is 3.66. The molecule has 0 fully saturated rings. The fourth-order valence-electron chi connectivity index (χ4n) is 1.74. The van der Waals surface area contributed by atoms with Gasteiger partial charge in [0.05, 0.1) is 7.11 Å². The molecule has 110 valence electrons. The molecule has 0 aliphatic heterocycles. The summed E-state index contributed by atoms with van der Waals surface area (Å²) < 4.78 is 19.0. The van der Waals surface area contributed by atoms with Gasteiger partial charge in [-0.3, -0.25) is 4.79 Å². The average Bonchev–Trinajstić information content (AvgIpc) is 2.47. The second kappa shape index (κ2) is 6.49. The van der Waals surface area contributed by atoms with Gasteiger partial charge in [0.25, 0.3) is 0 Å². The van der Waals surface area contributed by atoms with Gasteiger partial charge in [0.15, 0.2) is 0 Å². The number of rotatable bonds is 5. The Balaban J connectivity index is 2.15. The Kier molecular flexibility index (Phi) is 4.70. The minimum absolute atomic E-state index is 0.155. The fourth-order valence-corrected chi connectivity index (χ4v) is 2.72. The summed E-state index contributed by atoms with van der Waals surface area (Å²) in [4.78, 5) is 11.8. The van der Waals surface area contributed by atoms with Crippen molar-refractivity contribution in [2.45, 2.75) is 10.6 Å². The highest BCUT2D eigenvalue weighted by Crippen LogP contribution is 2.32. The second-order valence-electron chi connectivity index (χ2n) is 4.36. The lowest BCUT2D eigenvalue weighted by Crippen LogP contribution is -2.11. The molecular formula is C15H15FN2O2S. The van der Waals surface area contributed by atoms with E-state index in [1.807, 2.05) is 0 Å². The van der Waals surface area contributed by atoms with Crippen LogP contribution in [0.5, 0.6) is 5.75 Å². The second-order valence-corrected chi connectivity index (χ2v) is 5.38. The summed E-state index contributed by atoms with van der Waals surface area (Å²) in [5.74, 6) is -0.0240. The number of hydrogen-bond acceptors (Lipinski definition) is 4. The van der Waals surface area contributed by atoms with Gasteiger partial charge in [-0.1, -0.05) is 6.07 Å². The van der Waals surface area contributed by atoms with Crippen molar-refractivity contribution in [3.63, 3.8) is 0 Å². The number of benzene rings is 2. The lowest BCUT2D eigenvalue weighted by atomic mass is 10.1. The summed E-state index contributed by atoms with van der Waals surface area (Å²) in [6, 6.07) is 9.52. The Morgan fingerprint density at radius 2 is 2.05 bits per heavy atom. The molecule has 2 aromatic rings. The van der Waals surface area contributed by atoms with E-state index in [0.717, 1.165) is 11.0 Å². The van der Waals surface area contributed by atoms with Crippen LogP contribution >= 0.6 is 11.8 Å². The predicted molar refractivity (Wildman–Crippen MR) is 81.9 cm³/mol. The molecule has 0 spiro atoms. The van der Waals surface area contributed by atoms with E-state index in [-0.39, 0.29) is 5.56 Å². The number of carbonyl (C=O) groups excluding carboxylic acids is 1. The fraction of sp³-hybridized carbons (Fsp3) is 0.133. The van der Waals surface area contributed by atoms with Crippen molar-refractivity contribution in [2.24, 2.45) is 5.73 Å². The lowest BCUT2D eigenvalue weighted by Gasteiger charge is -2.09. The number of nitrogen functional groups attached to an aromatic ring is 1. The minimum Gasteiger partial charge on any atom is -0.497 e. The van der Waals surface area contributed by atoms with Crippen molar-refractivity contribution >= 4 is 23.4 Å². The average molecular weight is 306 g/mol. The summed E-state index contributed by atoms with van der Waals surface area (Å²) in [5.41, 5.74) is 12.2. The topological polar surface area (TPSA) is 78.3 Å². The number of methoxy groups -OCH3 is 1. The molecule has 1 amide bonds. The summed E-state index contributed by atoms with van der Waals surface area (Å²) >= 11 is 1.40. The molecule has 21 heavy (non-hydrogen) atoms. The van der Waals surface area contributed by atoms with E-state index in [1.165, 1.54) is 17.8 Å². The molecule has 0 unspecified atom stereocenters. The molecule has 0 radical (unpaired) electrons. The number of thioether (sulfide) groups is 1. The van der Waals surface area contributed by atoms with E-state index in [4.69, 9.17) is 16.2 Å². The first-order valence-electron chi connectivity index (χ1n) is 6.16. The highest BCUT2D eigenvalue weighted by atomic mass is 32.2. The number of anilines is 1. The summed E-state index contributed by atoms with van der Waals surface area (Å²) in [5, 5.41) is 0. The molecule has 0 saturated carbocycles. The number of hydrogen-bond donors (Lipinski definition) is 2. The van der Waals surface area contributed by atoms with Crippen molar-refractivity contribution < 1.29 is 13.9 Å². The van der Waals surface area contributed by atoms with Crippen molar-refractivity contribution in [1.82, 2.24) is 0 Å². The lowest BCUT2D eigenvalue weighted by molar-refractivity contribution is 0.1000. The van der Waals surface area contributed by atoms with Crippen LogP contribution in [0.1, 0.15) is 15.9 Å². The normalized spacial score (nSPS) is 10.4. The van der Waals surface area contributed by atoms with Crippen LogP contribution in [0, 0.1) is 5.82 Å². The number of amides is 1. The first-order chi connectivity index (χ1) is 10.0. The summed E-state index contributed by atoms with van der Waals surface area (Å²) in [6.07, 6.45) is 0. The van der Waals surface area contributed by atoms with Crippen LogP contribution in [0.4, 0.5) is 10.1 Å². The first-order valence-corrected chi connectivity index (χ1v) is 7.14. The van der Waals surface area contributed by atoms with Gasteiger partial charge >= 0.3 is 0 Å². The van der Waals surface area contributed by atoms with Crippen LogP contribution in [0.25, 0.3) is 0 Å². The summed E-state index contributed by atoms with van der Waals surface area (Å²) in [7, 11) is 1.57. The van der Waals surface area contributed by atoms with E-state index in [2.05, 4.69) is 0 Å². The van der Waals surface area contributed by atoms with Gasteiger partial charge in [-0.05, 0) is 35.9 Å². The molecule has 6 heteroatoms. The predicted octanol–water partition coefficient (Wildman–Crippen LogP) is 2.81. The number of carbonyl (C=O) groups is 1. The standard InChI is InChI=1S/C15H15FN2O2S/c1-20-11-4-5-13(17)14(7-11)21-8-10-3-2-9(15(18)19)6-12(10)16/h2-7H,8,17H2,1H3,(H2,18,19). The molecule has 0 aliphatic rings. The van der Waals surface area contributed by atoms with E-state index in [0.29, 0.717) is 22.8 Å². The van der Waals surface area contributed by atoms with Crippen molar-refractivity contribution in [1.29, 1.82) is 0 Å². The van der Waals surface area contributed by atoms with Crippen LogP contribution in [0.15, 0.2) is 41.3 Å². The van der Waals surface area contributed by atoms with Gasteiger partial charge in [0, 0.05) is 21.9 Å². The molecular weight excluding hydrogens is 291 g/mol. The third-order valence-corrected chi connectivity index (χ3v) is 4.06. The summed E-state index contributed by atoms with van der Waals surface area (Å²) in [6.45, 7) is 0. The Bertz CT molecular complexity index is 677. The maximum absolute atomic E-state index is 13.9. The van der Waals surface area contributed by atoms with E-state index in [9.17, 15) is 9.18 Å².